The molecule has 0 radical (unpaired) electrons. The lowest BCUT2D eigenvalue weighted by molar-refractivity contribution is 1.49. The molecule has 1 aliphatic carbocycles. The summed E-state index contributed by atoms with van der Waals surface area (Å²) in [5, 5.41) is 16.1. The summed E-state index contributed by atoms with van der Waals surface area (Å²) >= 11 is 0. The Morgan fingerprint density at radius 1 is 1.16 bits per heavy atom. The van der Waals surface area contributed by atoms with Crippen molar-refractivity contribution in [1.29, 1.82) is 10.7 Å². The molecular weight excluding hydrogens is 236 g/mol. The summed E-state index contributed by atoms with van der Waals surface area (Å²) in [6.07, 6.45) is 1.61. The van der Waals surface area contributed by atoms with Crippen molar-refractivity contribution >= 4 is 17.0 Å². The number of allylic oxidation sites excluding steroid dienone is 4. The van der Waals surface area contributed by atoms with Gasteiger partial charge in [-0.2, -0.15) is 0 Å². The summed E-state index contributed by atoms with van der Waals surface area (Å²) in [4.78, 5) is 6.45. The summed E-state index contributed by atoms with van der Waals surface area (Å²) in [5.74, 6) is 2.09. The predicted molar refractivity (Wildman–Crippen MR) is 71.4 cm³/mol. The van der Waals surface area contributed by atoms with E-state index in [0.717, 1.165) is 11.1 Å². The second-order valence-electron chi connectivity index (χ2n) is 3.67. The minimum Gasteiger partial charge on any atom is -0.271 e. The van der Waals surface area contributed by atoms with E-state index in [-0.39, 0.29) is 11.4 Å². The molecule has 19 heavy (non-hydrogen) atoms. The molecule has 1 aromatic rings. The Labute approximate surface area is 110 Å². The number of nitriles is 1. The number of nitrogens with one attached hydrogen (secondary N) is 1. The summed E-state index contributed by atoms with van der Waals surface area (Å²) in [7, 11) is 0. The van der Waals surface area contributed by atoms with E-state index in [2.05, 4.69) is 15.6 Å². The Kier molecular flexibility index (Phi) is 3.09. The van der Waals surface area contributed by atoms with Gasteiger partial charge in [0.2, 0.25) is 0 Å². The molecule has 0 heterocycles. The maximum Gasteiger partial charge on any atom is 0.269 e. The maximum absolute atomic E-state index is 8.98. The lowest BCUT2D eigenvalue weighted by Crippen LogP contribution is -1.86. The van der Waals surface area contributed by atoms with Crippen molar-refractivity contribution in [3.8, 4) is 6.07 Å². The highest BCUT2D eigenvalue weighted by molar-refractivity contribution is 6.05. The SMILES string of the molecule is [C-]#[N+]C(=C=N)C1=CC(=C(C#N)[N+]#[C-])c2ccccc21. The maximum atomic E-state index is 8.98. The van der Waals surface area contributed by atoms with Crippen LogP contribution in [0.25, 0.3) is 20.8 Å². The quantitative estimate of drug-likeness (QED) is 0.458. The van der Waals surface area contributed by atoms with Crippen molar-refractivity contribution in [2.24, 2.45) is 0 Å². The molecule has 0 fully saturated rings. The highest BCUT2D eigenvalue weighted by Gasteiger charge is 2.23. The molecule has 1 aromatic carbocycles. The van der Waals surface area contributed by atoms with Crippen molar-refractivity contribution in [2.75, 3.05) is 0 Å². The van der Waals surface area contributed by atoms with Gasteiger partial charge in [-0.15, -0.1) is 0 Å². The fourth-order valence-corrected chi connectivity index (χ4v) is 1.95. The first-order valence-electron chi connectivity index (χ1n) is 5.27. The van der Waals surface area contributed by atoms with E-state index in [1.54, 1.807) is 24.3 Å². The molecule has 0 aliphatic heterocycles. The molecule has 0 amide bonds. The Hall–Kier alpha value is -3.38. The van der Waals surface area contributed by atoms with Gasteiger partial charge >= 0.3 is 0 Å². The first-order chi connectivity index (χ1) is 9.26. The number of benzene rings is 1. The molecule has 0 atom stereocenters. The third kappa shape index (κ3) is 1.84. The zero-order valence-corrected chi connectivity index (χ0v) is 9.73. The van der Waals surface area contributed by atoms with E-state index in [9.17, 15) is 0 Å². The van der Waals surface area contributed by atoms with Crippen LogP contribution in [-0.4, -0.2) is 5.87 Å². The monoisotopic (exact) mass is 242 g/mol. The van der Waals surface area contributed by atoms with Gasteiger partial charge in [-0.3, -0.25) is 5.41 Å². The molecule has 0 unspecified atom stereocenters. The molecule has 4 heteroatoms. The van der Waals surface area contributed by atoms with Crippen LogP contribution in [0.5, 0.6) is 0 Å². The van der Waals surface area contributed by atoms with Crippen molar-refractivity contribution in [1.82, 2.24) is 0 Å². The summed E-state index contributed by atoms with van der Waals surface area (Å²) in [5.41, 5.74) is 2.58. The van der Waals surface area contributed by atoms with Crippen LogP contribution in [0.2, 0.25) is 0 Å². The molecule has 0 spiro atoms. The molecule has 2 rings (SSSR count). The number of hydrogen-bond donors (Lipinski definition) is 1. The highest BCUT2D eigenvalue weighted by atomic mass is 14.7. The molecule has 4 nitrogen and oxygen atoms in total. The van der Waals surface area contributed by atoms with Crippen LogP contribution in [0, 0.1) is 29.9 Å². The highest BCUT2D eigenvalue weighted by Crippen LogP contribution is 2.40. The third-order valence-corrected chi connectivity index (χ3v) is 2.75. The van der Waals surface area contributed by atoms with Crippen molar-refractivity contribution in [3.05, 3.63) is 75.7 Å². The van der Waals surface area contributed by atoms with Crippen LogP contribution < -0.4 is 0 Å². The predicted octanol–water partition coefficient (Wildman–Crippen LogP) is 3.29. The minimum atomic E-state index is -0.0169. The molecule has 0 saturated carbocycles. The second-order valence-corrected chi connectivity index (χ2v) is 3.67. The fourth-order valence-electron chi connectivity index (χ4n) is 1.95. The number of fused-ring (bicyclic) bond motifs is 1. The van der Waals surface area contributed by atoms with Gasteiger partial charge in [0, 0.05) is 0 Å². The van der Waals surface area contributed by atoms with Gasteiger partial charge in [-0.05, 0) is 28.1 Å². The summed E-state index contributed by atoms with van der Waals surface area (Å²) < 4.78 is 0. The van der Waals surface area contributed by atoms with E-state index in [1.165, 1.54) is 0 Å². The first-order valence-corrected chi connectivity index (χ1v) is 5.27. The number of nitrogens with zero attached hydrogens (tertiary/aromatic N) is 3. The topological polar surface area (TPSA) is 56.4 Å². The molecule has 1 aliphatic rings. The Morgan fingerprint density at radius 2 is 1.84 bits per heavy atom. The van der Waals surface area contributed by atoms with Crippen LogP contribution >= 0.6 is 0 Å². The zero-order valence-electron chi connectivity index (χ0n) is 9.73. The molecular formula is C15H6N4. The molecule has 86 valence electrons. The normalized spacial score (nSPS) is 14.1. The Bertz CT molecular complexity index is 782. The standard InChI is InChI=1S/C15H6N4/c1-18-14(8-16)12-7-13(15(9-17)19-2)11-6-4-3-5-10(11)12/h3-7,16H. The van der Waals surface area contributed by atoms with E-state index < -0.39 is 0 Å². The van der Waals surface area contributed by atoms with Gasteiger partial charge in [0.25, 0.3) is 11.4 Å². The van der Waals surface area contributed by atoms with Gasteiger partial charge in [-0.25, -0.2) is 15.0 Å². The average Bonchev–Trinajstić information content (AvgIpc) is 2.82. The van der Waals surface area contributed by atoms with Gasteiger partial charge in [-0.1, -0.05) is 30.3 Å². The summed E-state index contributed by atoms with van der Waals surface area (Å²) in [6, 6.07) is 9.07. The first kappa shape index (κ1) is 12.1. The van der Waals surface area contributed by atoms with E-state index >= 15 is 0 Å². The Morgan fingerprint density at radius 3 is 2.37 bits per heavy atom. The largest absolute Gasteiger partial charge is 0.271 e. The van der Waals surface area contributed by atoms with Gasteiger partial charge in [0.05, 0.1) is 19.2 Å². The van der Waals surface area contributed by atoms with Crippen LogP contribution in [0.4, 0.5) is 0 Å². The zero-order chi connectivity index (χ0) is 13.8. The van der Waals surface area contributed by atoms with Crippen molar-refractivity contribution in [3.63, 3.8) is 0 Å². The van der Waals surface area contributed by atoms with E-state index in [4.69, 9.17) is 23.8 Å². The molecule has 0 bridgehead atoms. The lowest BCUT2D eigenvalue weighted by atomic mass is 10.0. The van der Waals surface area contributed by atoms with E-state index in [0.29, 0.717) is 11.1 Å². The minimum absolute atomic E-state index is 0.0169. The summed E-state index contributed by atoms with van der Waals surface area (Å²) in [6.45, 7) is 14.1. The molecule has 0 aromatic heterocycles. The third-order valence-electron chi connectivity index (χ3n) is 2.75. The lowest BCUT2D eigenvalue weighted by Gasteiger charge is -2.02. The van der Waals surface area contributed by atoms with Crippen molar-refractivity contribution < 1.29 is 0 Å². The number of hydrogen-bond acceptors (Lipinski definition) is 2. The van der Waals surface area contributed by atoms with E-state index in [1.807, 2.05) is 12.1 Å². The van der Waals surface area contributed by atoms with Crippen LogP contribution in [-0.2, 0) is 0 Å². The van der Waals surface area contributed by atoms with Crippen LogP contribution in [0.3, 0.4) is 0 Å². The average molecular weight is 242 g/mol. The van der Waals surface area contributed by atoms with Gasteiger partial charge in [0.1, 0.15) is 0 Å². The second kappa shape index (κ2) is 4.86. The Balaban J connectivity index is 2.82. The molecule has 0 saturated heterocycles. The van der Waals surface area contributed by atoms with Crippen LogP contribution in [0.1, 0.15) is 11.1 Å². The smallest absolute Gasteiger partial charge is 0.269 e. The number of rotatable bonds is 1. The van der Waals surface area contributed by atoms with Gasteiger partial charge < -0.3 is 0 Å². The molecule has 1 N–H and O–H groups in total. The van der Waals surface area contributed by atoms with Crippen LogP contribution in [0.15, 0.2) is 41.7 Å². The fraction of sp³-hybridized carbons (Fsp3) is 0. The van der Waals surface area contributed by atoms with Gasteiger partial charge in [0.15, 0.2) is 0 Å². The van der Waals surface area contributed by atoms with Crippen molar-refractivity contribution in [2.45, 2.75) is 0 Å².